The first kappa shape index (κ1) is 10.1. The first-order valence-corrected chi connectivity index (χ1v) is 4.99. The van der Waals surface area contributed by atoms with Gasteiger partial charge in [0, 0.05) is 12.2 Å². The largest absolute Gasteiger partial charge is 0.385 e. The second-order valence-corrected chi connectivity index (χ2v) is 3.76. The van der Waals surface area contributed by atoms with Gasteiger partial charge in [0.1, 0.15) is 0 Å². The van der Waals surface area contributed by atoms with Gasteiger partial charge in [0.15, 0.2) is 0 Å². The lowest BCUT2D eigenvalue weighted by Crippen LogP contribution is -2.00. The molecule has 1 N–H and O–H groups in total. The van der Waals surface area contributed by atoms with E-state index in [2.05, 4.69) is 51.2 Å². The maximum absolute atomic E-state index is 3.37. The minimum atomic E-state index is 0.609. The standard InChI is InChI=1S/C12H19N/c1-5-13-12-8-11(9(2)3)7-6-10(12)4/h6-9,13H,5H2,1-4H3. The van der Waals surface area contributed by atoms with Crippen molar-refractivity contribution in [2.45, 2.75) is 33.6 Å². The zero-order chi connectivity index (χ0) is 9.84. The van der Waals surface area contributed by atoms with Crippen LogP contribution in [0.2, 0.25) is 0 Å². The molecule has 0 fully saturated rings. The molecule has 72 valence electrons. The fourth-order valence-corrected chi connectivity index (χ4v) is 1.38. The lowest BCUT2D eigenvalue weighted by molar-refractivity contribution is 0.866. The summed E-state index contributed by atoms with van der Waals surface area (Å²) in [6.45, 7) is 9.70. The van der Waals surface area contributed by atoms with E-state index in [0.29, 0.717) is 5.92 Å². The highest BCUT2D eigenvalue weighted by atomic mass is 14.9. The summed E-state index contributed by atoms with van der Waals surface area (Å²) < 4.78 is 0. The average Bonchev–Trinajstić information content (AvgIpc) is 2.08. The van der Waals surface area contributed by atoms with E-state index >= 15 is 0 Å². The van der Waals surface area contributed by atoms with Crippen molar-refractivity contribution in [1.29, 1.82) is 0 Å². The van der Waals surface area contributed by atoms with Crippen LogP contribution in [-0.2, 0) is 0 Å². The van der Waals surface area contributed by atoms with Crippen LogP contribution in [-0.4, -0.2) is 6.54 Å². The fourth-order valence-electron chi connectivity index (χ4n) is 1.38. The molecular formula is C12H19N. The van der Waals surface area contributed by atoms with Gasteiger partial charge < -0.3 is 5.32 Å². The van der Waals surface area contributed by atoms with Crippen LogP contribution >= 0.6 is 0 Å². The average molecular weight is 177 g/mol. The predicted octanol–water partition coefficient (Wildman–Crippen LogP) is 3.55. The Balaban J connectivity index is 2.97. The van der Waals surface area contributed by atoms with Crippen LogP contribution in [0, 0.1) is 6.92 Å². The third-order valence-electron chi connectivity index (χ3n) is 2.30. The number of nitrogens with one attached hydrogen (secondary N) is 1. The number of rotatable bonds is 3. The normalized spacial score (nSPS) is 10.5. The van der Waals surface area contributed by atoms with Gasteiger partial charge in [0.25, 0.3) is 0 Å². The monoisotopic (exact) mass is 177 g/mol. The molecule has 1 heteroatoms. The van der Waals surface area contributed by atoms with E-state index in [1.807, 2.05) is 0 Å². The van der Waals surface area contributed by atoms with Gasteiger partial charge in [-0.1, -0.05) is 26.0 Å². The molecule has 0 atom stereocenters. The summed E-state index contributed by atoms with van der Waals surface area (Å²) >= 11 is 0. The van der Waals surface area contributed by atoms with E-state index in [1.165, 1.54) is 16.8 Å². The molecule has 0 unspecified atom stereocenters. The minimum Gasteiger partial charge on any atom is -0.385 e. The smallest absolute Gasteiger partial charge is 0.0372 e. The van der Waals surface area contributed by atoms with Crippen LogP contribution in [0.25, 0.3) is 0 Å². The van der Waals surface area contributed by atoms with E-state index in [9.17, 15) is 0 Å². The van der Waals surface area contributed by atoms with E-state index in [0.717, 1.165) is 6.54 Å². The second kappa shape index (κ2) is 4.31. The molecule has 0 saturated heterocycles. The first-order valence-electron chi connectivity index (χ1n) is 4.99. The SMILES string of the molecule is CCNc1cc(C(C)C)ccc1C. The summed E-state index contributed by atoms with van der Waals surface area (Å²) in [7, 11) is 0. The number of aryl methyl sites for hydroxylation is 1. The Morgan fingerprint density at radius 3 is 2.54 bits per heavy atom. The van der Waals surface area contributed by atoms with Gasteiger partial charge in [-0.25, -0.2) is 0 Å². The van der Waals surface area contributed by atoms with Crippen molar-refractivity contribution in [2.24, 2.45) is 0 Å². The molecule has 0 aromatic heterocycles. The third kappa shape index (κ3) is 2.48. The van der Waals surface area contributed by atoms with Crippen LogP contribution in [0.1, 0.15) is 37.8 Å². The van der Waals surface area contributed by atoms with Crippen molar-refractivity contribution in [2.75, 3.05) is 11.9 Å². The molecule has 0 saturated carbocycles. The Labute approximate surface area is 81.2 Å². The highest BCUT2D eigenvalue weighted by Gasteiger charge is 2.02. The van der Waals surface area contributed by atoms with Gasteiger partial charge in [-0.15, -0.1) is 0 Å². The van der Waals surface area contributed by atoms with Gasteiger partial charge in [-0.2, -0.15) is 0 Å². The zero-order valence-electron chi connectivity index (χ0n) is 9.02. The van der Waals surface area contributed by atoms with Crippen LogP contribution in [0.15, 0.2) is 18.2 Å². The van der Waals surface area contributed by atoms with Gasteiger partial charge in [-0.3, -0.25) is 0 Å². The Bertz CT molecular complexity index is 276. The Kier molecular flexibility index (Phi) is 3.35. The van der Waals surface area contributed by atoms with Crippen molar-refractivity contribution in [3.63, 3.8) is 0 Å². The van der Waals surface area contributed by atoms with Crippen molar-refractivity contribution in [1.82, 2.24) is 0 Å². The highest BCUT2D eigenvalue weighted by Crippen LogP contribution is 2.21. The van der Waals surface area contributed by atoms with E-state index in [4.69, 9.17) is 0 Å². The molecule has 0 aliphatic rings. The van der Waals surface area contributed by atoms with Gasteiger partial charge in [-0.05, 0) is 37.0 Å². The molecule has 0 bridgehead atoms. The maximum Gasteiger partial charge on any atom is 0.0372 e. The zero-order valence-corrected chi connectivity index (χ0v) is 9.02. The molecule has 0 radical (unpaired) electrons. The molecule has 0 aliphatic carbocycles. The van der Waals surface area contributed by atoms with Crippen molar-refractivity contribution in [3.8, 4) is 0 Å². The number of benzene rings is 1. The summed E-state index contributed by atoms with van der Waals surface area (Å²) in [5.74, 6) is 0.609. The van der Waals surface area contributed by atoms with Gasteiger partial charge >= 0.3 is 0 Å². The first-order chi connectivity index (χ1) is 6.15. The molecule has 1 nitrogen and oxygen atoms in total. The summed E-state index contributed by atoms with van der Waals surface area (Å²) in [5.41, 5.74) is 4.00. The van der Waals surface area contributed by atoms with Crippen molar-refractivity contribution in [3.05, 3.63) is 29.3 Å². The molecule has 1 aromatic carbocycles. The minimum absolute atomic E-state index is 0.609. The number of anilines is 1. The van der Waals surface area contributed by atoms with Crippen LogP contribution in [0.5, 0.6) is 0 Å². The topological polar surface area (TPSA) is 12.0 Å². The molecule has 1 aromatic rings. The Hall–Kier alpha value is -0.980. The van der Waals surface area contributed by atoms with Crippen molar-refractivity contribution >= 4 is 5.69 Å². The molecule has 0 heterocycles. The van der Waals surface area contributed by atoms with Crippen LogP contribution in [0.3, 0.4) is 0 Å². The molecule has 1 rings (SSSR count). The Morgan fingerprint density at radius 2 is 2.00 bits per heavy atom. The number of hydrogen-bond donors (Lipinski definition) is 1. The second-order valence-electron chi connectivity index (χ2n) is 3.76. The molecule has 13 heavy (non-hydrogen) atoms. The Morgan fingerprint density at radius 1 is 1.31 bits per heavy atom. The lowest BCUT2D eigenvalue weighted by atomic mass is 10.0. The third-order valence-corrected chi connectivity index (χ3v) is 2.30. The summed E-state index contributed by atoms with van der Waals surface area (Å²) in [4.78, 5) is 0. The maximum atomic E-state index is 3.37. The highest BCUT2D eigenvalue weighted by molar-refractivity contribution is 5.53. The van der Waals surface area contributed by atoms with Crippen LogP contribution in [0.4, 0.5) is 5.69 Å². The quantitative estimate of drug-likeness (QED) is 0.744. The van der Waals surface area contributed by atoms with Gasteiger partial charge in [0.2, 0.25) is 0 Å². The van der Waals surface area contributed by atoms with E-state index in [-0.39, 0.29) is 0 Å². The van der Waals surface area contributed by atoms with Crippen LogP contribution < -0.4 is 5.32 Å². The predicted molar refractivity (Wildman–Crippen MR) is 59.4 cm³/mol. The van der Waals surface area contributed by atoms with E-state index in [1.54, 1.807) is 0 Å². The van der Waals surface area contributed by atoms with Crippen molar-refractivity contribution < 1.29 is 0 Å². The van der Waals surface area contributed by atoms with Gasteiger partial charge in [0.05, 0.1) is 0 Å². The summed E-state index contributed by atoms with van der Waals surface area (Å²) in [6, 6.07) is 6.65. The lowest BCUT2D eigenvalue weighted by Gasteiger charge is -2.11. The number of hydrogen-bond acceptors (Lipinski definition) is 1. The summed E-state index contributed by atoms with van der Waals surface area (Å²) in [6.07, 6.45) is 0. The summed E-state index contributed by atoms with van der Waals surface area (Å²) in [5, 5.41) is 3.37. The molecule has 0 spiro atoms. The van der Waals surface area contributed by atoms with E-state index < -0.39 is 0 Å². The fraction of sp³-hybridized carbons (Fsp3) is 0.500. The molecule has 0 aliphatic heterocycles. The molecular weight excluding hydrogens is 158 g/mol. The molecule has 0 amide bonds.